The van der Waals surface area contributed by atoms with Crippen molar-refractivity contribution in [2.75, 3.05) is 12.3 Å². The van der Waals surface area contributed by atoms with Crippen molar-refractivity contribution in [1.82, 2.24) is 9.55 Å². The summed E-state index contributed by atoms with van der Waals surface area (Å²) in [5.74, 6) is -0.0856. The molecule has 1 aromatic heterocycles. The Kier molecular flexibility index (Phi) is 4.52. The van der Waals surface area contributed by atoms with E-state index in [0.29, 0.717) is 6.42 Å². The predicted octanol–water partition coefficient (Wildman–Crippen LogP) is 0.622. The molecule has 0 aliphatic carbocycles. The molecule has 0 saturated heterocycles. The second kappa shape index (κ2) is 6.33. The van der Waals surface area contributed by atoms with Gasteiger partial charge >= 0.3 is 11.7 Å². The fourth-order valence-corrected chi connectivity index (χ4v) is 1.81. The van der Waals surface area contributed by atoms with Gasteiger partial charge in [-0.3, -0.25) is 9.36 Å². The molecule has 7 heteroatoms. The van der Waals surface area contributed by atoms with E-state index in [1.807, 2.05) is 6.92 Å². The fraction of sp³-hybridized carbons (Fsp3) is 0.462. The first-order chi connectivity index (χ1) is 9.60. The zero-order chi connectivity index (χ0) is 14.5. The number of aromatic nitrogens is 2. The highest BCUT2D eigenvalue weighted by Gasteiger charge is 2.22. The van der Waals surface area contributed by atoms with E-state index in [1.165, 1.54) is 16.8 Å². The molecule has 0 amide bonds. The van der Waals surface area contributed by atoms with Crippen molar-refractivity contribution >= 4 is 11.8 Å². The first-order valence-electron chi connectivity index (χ1n) is 6.44. The van der Waals surface area contributed by atoms with Gasteiger partial charge in [0.05, 0.1) is 0 Å². The summed E-state index contributed by atoms with van der Waals surface area (Å²) >= 11 is 0. The molecule has 0 unspecified atom stereocenters. The number of nitrogens with zero attached hydrogens (tertiary/aromatic N) is 2. The van der Waals surface area contributed by atoms with Gasteiger partial charge < -0.3 is 15.2 Å². The van der Waals surface area contributed by atoms with Crippen LogP contribution in [-0.4, -0.2) is 28.2 Å². The average Bonchev–Trinajstić information content (AvgIpc) is 2.85. The van der Waals surface area contributed by atoms with E-state index in [4.69, 9.17) is 15.2 Å². The highest BCUT2D eigenvalue weighted by molar-refractivity contribution is 5.69. The molecule has 1 aliphatic rings. The van der Waals surface area contributed by atoms with Crippen molar-refractivity contribution in [1.29, 1.82) is 0 Å². The lowest BCUT2D eigenvalue weighted by atomic mass is 10.3. The van der Waals surface area contributed by atoms with Crippen LogP contribution in [0.25, 0.3) is 0 Å². The molecule has 1 aliphatic heterocycles. The Morgan fingerprint density at radius 2 is 2.35 bits per heavy atom. The van der Waals surface area contributed by atoms with Crippen molar-refractivity contribution < 1.29 is 14.3 Å². The number of esters is 1. The van der Waals surface area contributed by atoms with Gasteiger partial charge in [-0.1, -0.05) is 13.0 Å². The molecule has 2 N–H and O–H groups in total. The summed E-state index contributed by atoms with van der Waals surface area (Å²) in [6, 6.07) is 1.52. The zero-order valence-corrected chi connectivity index (χ0v) is 11.2. The highest BCUT2D eigenvalue weighted by Crippen LogP contribution is 2.19. The van der Waals surface area contributed by atoms with Crippen molar-refractivity contribution in [3.05, 3.63) is 34.9 Å². The Balaban J connectivity index is 1.91. The molecular weight excluding hydrogens is 262 g/mol. The third-order valence-corrected chi connectivity index (χ3v) is 2.79. The maximum Gasteiger partial charge on any atom is 0.351 e. The van der Waals surface area contributed by atoms with Gasteiger partial charge in [-0.05, 0) is 18.6 Å². The second-order valence-corrected chi connectivity index (χ2v) is 4.43. The first kappa shape index (κ1) is 14.3. The maximum atomic E-state index is 11.7. The molecule has 0 aromatic carbocycles. The molecule has 2 rings (SSSR count). The van der Waals surface area contributed by atoms with Crippen LogP contribution in [0.4, 0.5) is 5.82 Å². The number of nitrogens with two attached hydrogens (primary N) is 1. The lowest BCUT2D eigenvalue weighted by Gasteiger charge is -2.16. The van der Waals surface area contributed by atoms with Gasteiger partial charge in [0.15, 0.2) is 6.23 Å². The molecule has 0 fully saturated rings. The third kappa shape index (κ3) is 3.45. The molecule has 108 valence electrons. The van der Waals surface area contributed by atoms with Gasteiger partial charge in [-0.15, -0.1) is 0 Å². The van der Waals surface area contributed by atoms with Gasteiger partial charge in [0.2, 0.25) is 0 Å². The molecule has 2 heterocycles. The van der Waals surface area contributed by atoms with Crippen LogP contribution in [0.3, 0.4) is 0 Å². The maximum absolute atomic E-state index is 11.7. The first-order valence-corrected chi connectivity index (χ1v) is 6.44. The molecule has 0 radical (unpaired) electrons. The van der Waals surface area contributed by atoms with Gasteiger partial charge in [-0.25, -0.2) is 4.79 Å². The summed E-state index contributed by atoms with van der Waals surface area (Å²) in [5, 5.41) is 0. The zero-order valence-electron chi connectivity index (χ0n) is 11.2. The van der Waals surface area contributed by atoms with Gasteiger partial charge in [-0.2, -0.15) is 4.98 Å². The average molecular weight is 279 g/mol. The Labute approximate surface area is 116 Å². The van der Waals surface area contributed by atoms with Crippen LogP contribution < -0.4 is 11.4 Å². The molecule has 0 spiro atoms. The normalized spacial score (nSPS) is 21.1. The number of anilines is 1. The minimum atomic E-state index is -0.550. The number of nitrogen functional groups attached to an aromatic ring is 1. The Morgan fingerprint density at radius 1 is 1.55 bits per heavy atom. The number of carbonyl (C=O) groups excluding carboxylic acids is 1. The molecule has 2 atom stereocenters. The second-order valence-electron chi connectivity index (χ2n) is 4.43. The summed E-state index contributed by atoms with van der Waals surface area (Å²) in [6.45, 7) is 2.05. The van der Waals surface area contributed by atoms with Crippen LogP contribution in [0, 0.1) is 0 Å². The molecule has 1 aromatic rings. The molecule has 0 saturated carbocycles. The summed E-state index contributed by atoms with van der Waals surface area (Å²) in [5.41, 5.74) is 4.94. The lowest BCUT2D eigenvalue weighted by Crippen LogP contribution is -2.28. The number of ether oxygens (including phenoxy) is 2. The van der Waals surface area contributed by atoms with Crippen LogP contribution in [0.1, 0.15) is 26.0 Å². The van der Waals surface area contributed by atoms with Gasteiger partial charge in [0.1, 0.15) is 18.5 Å². The van der Waals surface area contributed by atoms with E-state index in [1.54, 1.807) is 12.2 Å². The number of hydrogen-bond donors (Lipinski definition) is 1. The minimum absolute atomic E-state index is 0.142. The van der Waals surface area contributed by atoms with Gasteiger partial charge in [0, 0.05) is 12.6 Å². The summed E-state index contributed by atoms with van der Waals surface area (Å²) in [4.78, 5) is 26.5. The van der Waals surface area contributed by atoms with Crippen molar-refractivity contribution in [3.63, 3.8) is 0 Å². The van der Waals surface area contributed by atoms with Crippen LogP contribution in [0.15, 0.2) is 29.2 Å². The largest absolute Gasteiger partial charge is 0.463 e. The van der Waals surface area contributed by atoms with Crippen LogP contribution in [0.5, 0.6) is 0 Å². The summed E-state index contributed by atoms with van der Waals surface area (Å²) < 4.78 is 12.0. The van der Waals surface area contributed by atoms with E-state index in [-0.39, 0.29) is 24.5 Å². The fourth-order valence-electron chi connectivity index (χ4n) is 1.81. The predicted molar refractivity (Wildman–Crippen MR) is 71.8 cm³/mol. The van der Waals surface area contributed by atoms with E-state index >= 15 is 0 Å². The van der Waals surface area contributed by atoms with E-state index in [9.17, 15) is 9.59 Å². The SMILES string of the molecule is CCCC(=O)OC[C@@H]1C=C[C@H](n2ccc(N)nc2=O)O1. The highest BCUT2D eigenvalue weighted by atomic mass is 16.6. The number of hydrogen-bond acceptors (Lipinski definition) is 6. The van der Waals surface area contributed by atoms with E-state index in [2.05, 4.69) is 4.98 Å². The molecule has 7 nitrogen and oxygen atoms in total. The molecular formula is C13H17N3O4. The van der Waals surface area contributed by atoms with Crippen LogP contribution in [-0.2, 0) is 14.3 Å². The Morgan fingerprint density at radius 3 is 3.05 bits per heavy atom. The number of rotatable bonds is 5. The van der Waals surface area contributed by atoms with Crippen LogP contribution >= 0.6 is 0 Å². The summed E-state index contributed by atoms with van der Waals surface area (Å²) in [7, 11) is 0. The monoisotopic (exact) mass is 279 g/mol. The Hall–Kier alpha value is -2.15. The third-order valence-electron chi connectivity index (χ3n) is 2.79. The van der Waals surface area contributed by atoms with Gasteiger partial charge in [0.25, 0.3) is 0 Å². The smallest absolute Gasteiger partial charge is 0.351 e. The minimum Gasteiger partial charge on any atom is -0.463 e. The molecule has 20 heavy (non-hydrogen) atoms. The quantitative estimate of drug-likeness (QED) is 0.627. The topological polar surface area (TPSA) is 96.4 Å². The van der Waals surface area contributed by atoms with Crippen molar-refractivity contribution in [3.8, 4) is 0 Å². The van der Waals surface area contributed by atoms with E-state index < -0.39 is 11.9 Å². The van der Waals surface area contributed by atoms with Crippen molar-refractivity contribution in [2.24, 2.45) is 0 Å². The van der Waals surface area contributed by atoms with Crippen molar-refractivity contribution in [2.45, 2.75) is 32.1 Å². The van der Waals surface area contributed by atoms with Crippen LogP contribution in [0.2, 0.25) is 0 Å². The number of carbonyl (C=O) groups is 1. The summed E-state index contributed by atoms with van der Waals surface area (Å²) in [6.07, 6.45) is 5.22. The van der Waals surface area contributed by atoms with E-state index in [0.717, 1.165) is 6.42 Å². The lowest BCUT2D eigenvalue weighted by molar-refractivity contribution is -0.147. The molecule has 0 bridgehead atoms. The Bertz CT molecular complexity index is 567. The standard InChI is InChI=1S/C13H17N3O4/c1-2-3-12(17)19-8-9-4-5-11(20-9)16-7-6-10(14)15-13(16)18/h4-7,9,11H,2-3,8H2,1H3,(H2,14,15,18)/t9-,11+/m0/s1.